The van der Waals surface area contributed by atoms with Gasteiger partial charge in [-0.25, -0.2) is 0 Å². The van der Waals surface area contributed by atoms with Gasteiger partial charge in [0.05, 0.1) is 13.2 Å². The smallest absolute Gasteiger partial charge is 0.258 e. The molecule has 170 valence electrons. The van der Waals surface area contributed by atoms with Crippen LogP contribution in [0.5, 0.6) is 11.5 Å². The summed E-state index contributed by atoms with van der Waals surface area (Å²) in [5.74, 6) is 2.41. The Hall–Kier alpha value is -3.81. The van der Waals surface area contributed by atoms with Crippen molar-refractivity contribution >= 4 is 16.8 Å². The molecule has 1 aliphatic heterocycles. The van der Waals surface area contributed by atoms with E-state index in [0.717, 1.165) is 22.0 Å². The van der Waals surface area contributed by atoms with Crippen LogP contribution < -0.4 is 9.47 Å². The monoisotopic (exact) mass is 446 g/mol. The second-order valence-corrected chi connectivity index (χ2v) is 8.02. The Balaban J connectivity index is 1.31. The van der Waals surface area contributed by atoms with Crippen molar-refractivity contribution in [3.8, 4) is 23.0 Å². The van der Waals surface area contributed by atoms with Gasteiger partial charge in [0.1, 0.15) is 0 Å². The van der Waals surface area contributed by atoms with Gasteiger partial charge in [-0.2, -0.15) is 4.98 Å². The molecule has 0 saturated carbocycles. The first kappa shape index (κ1) is 21.1. The third-order valence-corrected chi connectivity index (χ3v) is 5.83. The number of carbonyl (C=O) groups is 1. The zero-order valence-electron chi connectivity index (χ0n) is 18.7. The molecule has 1 amide bonds. The van der Waals surface area contributed by atoms with E-state index in [1.54, 1.807) is 0 Å². The highest BCUT2D eigenvalue weighted by Gasteiger charge is 2.34. The number of ether oxygens (including phenoxy) is 2. The number of aromatic amines is 1. The number of aromatic nitrogens is 3. The molecule has 5 rings (SSSR count). The standard InChI is InChI=1S/C25H26N4O4/c1-3-31-21-9-8-16(12-22(21)32-4-2)14-29-15-17(13-23(29)30)24-27-25(33-28-24)19-6-5-7-20-18(19)10-11-26-20/h5-12,17,26H,3-4,13-15H2,1-2H3. The first-order valence-corrected chi connectivity index (χ1v) is 11.2. The molecule has 33 heavy (non-hydrogen) atoms. The zero-order valence-corrected chi connectivity index (χ0v) is 18.7. The molecular weight excluding hydrogens is 420 g/mol. The van der Waals surface area contributed by atoms with E-state index in [9.17, 15) is 4.79 Å². The van der Waals surface area contributed by atoms with Crippen LogP contribution in [0.3, 0.4) is 0 Å². The Bertz CT molecular complexity index is 1280. The average Bonchev–Trinajstić information content (AvgIpc) is 3.56. The number of hydrogen-bond acceptors (Lipinski definition) is 6. The van der Waals surface area contributed by atoms with Crippen LogP contribution in [0.2, 0.25) is 0 Å². The predicted octanol–water partition coefficient (Wildman–Crippen LogP) is 4.53. The number of fused-ring (bicyclic) bond motifs is 1. The molecule has 1 unspecified atom stereocenters. The van der Waals surface area contributed by atoms with Crippen LogP contribution in [-0.4, -0.2) is 45.7 Å². The number of H-pyrrole nitrogens is 1. The van der Waals surface area contributed by atoms with E-state index < -0.39 is 0 Å². The molecule has 8 heteroatoms. The van der Waals surface area contributed by atoms with Gasteiger partial charge >= 0.3 is 0 Å². The van der Waals surface area contributed by atoms with Gasteiger partial charge in [0.25, 0.3) is 5.89 Å². The lowest BCUT2D eigenvalue weighted by Gasteiger charge is -2.18. The fraction of sp³-hybridized carbons (Fsp3) is 0.320. The van der Waals surface area contributed by atoms with Gasteiger partial charge < -0.3 is 23.9 Å². The molecule has 3 heterocycles. The molecule has 0 bridgehead atoms. The molecule has 8 nitrogen and oxygen atoms in total. The molecule has 1 saturated heterocycles. The minimum atomic E-state index is -0.102. The summed E-state index contributed by atoms with van der Waals surface area (Å²) in [7, 11) is 0. The molecule has 1 aliphatic rings. The van der Waals surface area contributed by atoms with Crippen molar-refractivity contribution in [2.45, 2.75) is 32.7 Å². The number of hydrogen-bond donors (Lipinski definition) is 1. The van der Waals surface area contributed by atoms with Crippen LogP contribution in [0.25, 0.3) is 22.4 Å². The van der Waals surface area contributed by atoms with Gasteiger partial charge in [-0.3, -0.25) is 4.79 Å². The summed E-state index contributed by atoms with van der Waals surface area (Å²) in [6.45, 7) is 6.03. The molecule has 1 atom stereocenters. The second-order valence-electron chi connectivity index (χ2n) is 8.02. The van der Waals surface area contributed by atoms with E-state index >= 15 is 0 Å². The Morgan fingerprint density at radius 1 is 1.12 bits per heavy atom. The topological polar surface area (TPSA) is 93.5 Å². The minimum absolute atomic E-state index is 0.0749. The number of rotatable bonds is 8. The third-order valence-electron chi connectivity index (χ3n) is 5.83. The number of amides is 1. The largest absolute Gasteiger partial charge is 0.490 e. The number of benzene rings is 2. The van der Waals surface area contributed by atoms with Gasteiger partial charge in [-0.15, -0.1) is 0 Å². The molecule has 1 fully saturated rings. The average molecular weight is 447 g/mol. The molecular formula is C25H26N4O4. The first-order valence-electron chi connectivity index (χ1n) is 11.2. The van der Waals surface area contributed by atoms with Crippen molar-refractivity contribution in [1.82, 2.24) is 20.0 Å². The zero-order chi connectivity index (χ0) is 22.8. The minimum Gasteiger partial charge on any atom is -0.490 e. The molecule has 2 aromatic heterocycles. The maximum Gasteiger partial charge on any atom is 0.258 e. The van der Waals surface area contributed by atoms with Crippen LogP contribution in [0.4, 0.5) is 0 Å². The quantitative estimate of drug-likeness (QED) is 0.427. The summed E-state index contributed by atoms with van der Waals surface area (Å²) in [6.07, 6.45) is 2.25. The summed E-state index contributed by atoms with van der Waals surface area (Å²) >= 11 is 0. The van der Waals surface area contributed by atoms with Crippen molar-refractivity contribution in [3.63, 3.8) is 0 Å². The summed E-state index contributed by atoms with van der Waals surface area (Å²) in [6, 6.07) is 13.7. The second kappa shape index (κ2) is 8.97. The van der Waals surface area contributed by atoms with Crippen LogP contribution in [0, 0.1) is 0 Å². The SMILES string of the molecule is CCOc1ccc(CN2CC(c3noc(-c4cccc5[nH]ccc45)n3)CC2=O)cc1OCC. The van der Waals surface area contributed by atoms with Crippen LogP contribution >= 0.6 is 0 Å². The van der Waals surface area contributed by atoms with Crippen molar-refractivity contribution in [1.29, 1.82) is 0 Å². The third kappa shape index (κ3) is 4.16. The van der Waals surface area contributed by atoms with E-state index in [1.165, 1.54) is 0 Å². The normalized spacial score (nSPS) is 16.0. The lowest BCUT2D eigenvalue weighted by atomic mass is 10.1. The molecule has 0 spiro atoms. The maximum atomic E-state index is 12.7. The molecule has 4 aromatic rings. The van der Waals surface area contributed by atoms with Gasteiger partial charge in [0.15, 0.2) is 17.3 Å². The first-order chi connectivity index (χ1) is 16.2. The highest BCUT2D eigenvalue weighted by Crippen LogP contribution is 2.33. The number of likely N-dealkylation sites (tertiary alicyclic amines) is 1. The number of nitrogens with one attached hydrogen (secondary N) is 1. The van der Waals surface area contributed by atoms with E-state index in [4.69, 9.17) is 14.0 Å². The Labute approximate surface area is 191 Å². The van der Waals surface area contributed by atoms with Gasteiger partial charge in [-0.05, 0) is 49.7 Å². The van der Waals surface area contributed by atoms with Crippen molar-refractivity contribution in [3.05, 3.63) is 60.0 Å². The fourth-order valence-electron chi connectivity index (χ4n) is 4.29. The molecule has 1 N–H and O–H groups in total. The Morgan fingerprint density at radius 2 is 1.97 bits per heavy atom. The van der Waals surface area contributed by atoms with Gasteiger partial charge in [0, 0.05) is 48.1 Å². The number of nitrogens with zero attached hydrogens (tertiary/aromatic N) is 3. The van der Waals surface area contributed by atoms with Crippen molar-refractivity contribution in [2.75, 3.05) is 19.8 Å². The molecule has 2 aromatic carbocycles. The van der Waals surface area contributed by atoms with E-state index in [1.807, 2.05) is 67.4 Å². The van der Waals surface area contributed by atoms with E-state index in [2.05, 4.69) is 15.1 Å². The molecule has 0 aliphatic carbocycles. The van der Waals surface area contributed by atoms with Crippen molar-refractivity contribution in [2.24, 2.45) is 0 Å². The van der Waals surface area contributed by atoms with Gasteiger partial charge in [0.2, 0.25) is 5.91 Å². The molecule has 0 radical (unpaired) electrons. The maximum absolute atomic E-state index is 12.7. The van der Waals surface area contributed by atoms with Crippen molar-refractivity contribution < 1.29 is 18.8 Å². The van der Waals surface area contributed by atoms with Crippen LogP contribution in [0.1, 0.15) is 37.6 Å². The summed E-state index contributed by atoms with van der Waals surface area (Å²) in [5, 5.41) is 5.23. The summed E-state index contributed by atoms with van der Waals surface area (Å²) < 4.78 is 16.9. The van der Waals surface area contributed by atoms with Crippen LogP contribution in [-0.2, 0) is 11.3 Å². The van der Waals surface area contributed by atoms with Gasteiger partial charge in [-0.1, -0.05) is 17.3 Å². The summed E-state index contributed by atoms with van der Waals surface area (Å²) in [4.78, 5) is 22.4. The Kier molecular flexibility index (Phi) is 5.73. The lowest BCUT2D eigenvalue weighted by Crippen LogP contribution is -2.24. The van der Waals surface area contributed by atoms with Crippen LogP contribution in [0.15, 0.2) is 53.2 Å². The van der Waals surface area contributed by atoms with E-state index in [-0.39, 0.29) is 11.8 Å². The highest BCUT2D eigenvalue weighted by molar-refractivity contribution is 5.92. The van der Waals surface area contributed by atoms with E-state index in [0.29, 0.717) is 55.9 Å². The number of carbonyl (C=O) groups excluding carboxylic acids is 1. The Morgan fingerprint density at radius 3 is 2.82 bits per heavy atom. The lowest BCUT2D eigenvalue weighted by molar-refractivity contribution is -0.128. The fourth-order valence-corrected chi connectivity index (χ4v) is 4.29. The highest BCUT2D eigenvalue weighted by atomic mass is 16.5. The summed E-state index contributed by atoms with van der Waals surface area (Å²) in [5.41, 5.74) is 2.88. The predicted molar refractivity (Wildman–Crippen MR) is 123 cm³/mol.